The van der Waals surface area contributed by atoms with Gasteiger partial charge in [-0.2, -0.15) is 8.42 Å². The van der Waals surface area contributed by atoms with Gasteiger partial charge in [0.05, 0.1) is 4.90 Å². The Balaban J connectivity index is 0.000000149. The second-order valence-electron chi connectivity index (χ2n) is 5.59. The molecular formula is C14H22N2O3S. The number of piperidine rings is 3. The zero-order chi connectivity index (χ0) is 14.8. The fraction of sp³-hybridized carbons (Fsp3) is 0.571. The van der Waals surface area contributed by atoms with E-state index in [2.05, 4.69) is 4.90 Å². The Kier molecular flexibility index (Phi) is 4.80. The van der Waals surface area contributed by atoms with Gasteiger partial charge in [0.1, 0.15) is 0 Å². The largest absolute Gasteiger partial charge is 0.326 e. The second-order valence-corrected chi connectivity index (χ2v) is 7.01. The molecule has 4 rings (SSSR count). The van der Waals surface area contributed by atoms with Crippen LogP contribution in [0.4, 0.5) is 0 Å². The normalized spacial score (nSPS) is 28.6. The first-order valence-electron chi connectivity index (χ1n) is 6.88. The number of aryl methyl sites for hydroxylation is 1. The van der Waals surface area contributed by atoms with E-state index in [-0.39, 0.29) is 4.90 Å². The molecule has 0 amide bonds. The first-order chi connectivity index (χ1) is 9.36. The molecular weight excluding hydrogens is 276 g/mol. The minimum absolute atomic E-state index is 0.0666. The summed E-state index contributed by atoms with van der Waals surface area (Å²) in [5.74, 6) is 0.856. The predicted molar refractivity (Wildman–Crippen MR) is 78.1 cm³/mol. The van der Waals surface area contributed by atoms with Gasteiger partial charge in [-0.25, -0.2) is 0 Å². The summed E-state index contributed by atoms with van der Waals surface area (Å²) in [7, 11) is -4.02. The van der Waals surface area contributed by atoms with Gasteiger partial charge in [-0.15, -0.1) is 0 Å². The minimum Gasteiger partial charge on any atom is -0.326 e. The lowest BCUT2D eigenvalue weighted by atomic mass is 9.85. The highest BCUT2D eigenvalue weighted by atomic mass is 32.2. The number of hydrogen-bond acceptors (Lipinski definition) is 4. The Labute approximate surface area is 120 Å². The van der Waals surface area contributed by atoms with E-state index < -0.39 is 10.1 Å². The van der Waals surface area contributed by atoms with Crippen molar-refractivity contribution in [3.8, 4) is 0 Å². The van der Waals surface area contributed by atoms with Crippen molar-refractivity contribution in [3.63, 3.8) is 0 Å². The molecule has 5 nitrogen and oxygen atoms in total. The number of fused-ring (bicyclic) bond motifs is 3. The Morgan fingerprint density at radius 2 is 1.75 bits per heavy atom. The van der Waals surface area contributed by atoms with Crippen LogP contribution < -0.4 is 5.73 Å². The lowest BCUT2D eigenvalue weighted by molar-refractivity contribution is 0.0896. The molecule has 3 heterocycles. The minimum atomic E-state index is -4.02. The summed E-state index contributed by atoms with van der Waals surface area (Å²) in [5, 5.41) is 0. The maximum atomic E-state index is 10.5. The Hall–Kier alpha value is -0.950. The molecule has 0 aromatic heterocycles. The zero-order valence-corrected chi connectivity index (χ0v) is 12.5. The number of benzene rings is 1. The quantitative estimate of drug-likeness (QED) is 0.763. The first-order valence-corrected chi connectivity index (χ1v) is 8.32. The van der Waals surface area contributed by atoms with E-state index in [1.54, 1.807) is 12.1 Å². The van der Waals surface area contributed by atoms with Crippen molar-refractivity contribution >= 4 is 10.1 Å². The highest BCUT2D eigenvalue weighted by Gasteiger charge is 2.31. The third-order valence-corrected chi connectivity index (χ3v) is 4.89. The van der Waals surface area contributed by atoms with Crippen molar-refractivity contribution < 1.29 is 13.0 Å². The van der Waals surface area contributed by atoms with Crippen molar-refractivity contribution in [3.05, 3.63) is 29.8 Å². The summed E-state index contributed by atoms with van der Waals surface area (Å²) in [6.07, 6.45) is 2.70. The molecule has 1 aromatic carbocycles. The van der Waals surface area contributed by atoms with Crippen LogP contribution in [0.2, 0.25) is 0 Å². The van der Waals surface area contributed by atoms with E-state index in [0.29, 0.717) is 6.04 Å². The van der Waals surface area contributed by atoms with Gasteiger partial charge in [0.15, 0.2) is 0 Å². The molecule has 20 heavy (non-hydrogen) atoms. The van der Waals surface area contributed by atoms with Crippen molar-refractivity contribution in [2.75, 3.05) is 19.6 Å². The Morgan fingerprint density at radius 3 is 2.05 bits per heavy atom. The average molecular weight is 298 g/mol. The number of hydrogen-bond donors (Lipinski definition) is 2. The van der Waals surface area contributed by atoms with E-state index in [4.69, 9.17) is 10.3 Å². The van der Waals surface area contributed by atoms with Gasteiger partial charge in [-0.1, -0.05) is 17.7 Å². The maximum Gasteiger partial charge on any atom is 0.294 e. The molecule has 1 aromatic rings. The first kappa shape index (κ1) is 15.4. The van der Waals surface area contributed by atoms with Crippen molar-refractivity contribution in [1.29, 1.82) is 0 Å². The van der Waals surface area contributed by atoms with E-state index in [9.17, 15) is 8.42 Å². The van der Waals surface area contributed by atoms with Gasteiger partial charge in [-0.3, -0.25) is 4.55 Å². The number of nitrogens with two attached hydrogens (primary N) is 1. The van der Waals surface area contributed by atoms with E-state index in [0.717, 1.165) is 18.0 Å². The summed E-state index contributed by atoms with van der Waals surface area (Å²) in [6.45, 7) is 5.61. The molecule has 1 atom stereocenters. The standard InChI is InChI=1S/C7H14N2.C7H8O3S/c8-7-5-9-3-1-6(7)2-4-9;1-6-2-4-7(5-3-6)11(8,9)10/h6-7H,1-5,8H2;2-5H,1H3,(H,8,9,10)/t7-;/m0./s1. The molecule has 0 aliphatic carbocycles. The van der Waals surface area contributed by atoms with E-state index in [1.165, 1.54) is 38.1 Å². The topological polar surface area (TPSA) is 83.6 Å². The molecule has 3 N–H and O–H groups in total. The van der Waals surface area contributed by atoms with Crippen LogP contribution in [-0.4, -0.2) is 43.5 Å². The van der Waals surface area contributed by atoms with Crippen molar-refractivity contribution in [1.82, 2.24) is 4.90 Å². The van der Waals surface area contributed by atoms with Gasteiger partial charge in [0, 0.05) is 12.6 Å². The summed E-state index contributed by atoms with van der Waals surface area (Å²) >= 11 is 0. The second kappa shape index (κ2) is 6.22. The van der Waals surface area contributed by atoms with Crippen LogP contribution in [0.15, 0.2) is 29.2 Å². The maximum absolute atomic E-state index is 10.5. The molecule has 3 aliphatic rings. The van der Waals surface area contributed by atoms with Gasteiger partial charge in [0.25, 0.3) is 10.1 Å². The smallest absolute Gasteiger partial charge is 0.294 e. The predicted octanol–water partition coefficient (Wildman–Crippen LogP) is 1.28. The third kappa shape index (κ3) is 4.02. The van der Waals surface area contributed by atoms with E-state index in [1.807, 2.05) is 6.92 Å². The van der Waals surface area contributed by atoms with Crippen LogP contribution in [0, 0.1) is 12.8 Å². The van der Waals surface area contributed by atoms with Gasteiger partial charge in [-0.05, 0) is 50.9 Å². The molecule has 0 spiro atoms. The summed E-state index contributed by atoms with van der Waals surface area (Å²) in [5.41, 5.74) is 6.83. The zero-order valence-electron chi connectivity index (χ0n) is 11.7. The fourth-order valence-corrected chi connectivity index (χ4v) is 3.20. The van der Waals surface area contributed by atoms with Crippen molar-refractivity contribution in [2.45, 2.75) is 30.7 Å². The highest BCUT2D eigenvalue weighted by molar-refractivity contribution is 7.85. The summed E-state index contributed by atoms with van der Waals surface area (Å²) < 4.78 is 29.6. The monoisotopic (exact) mass is 298 g/mol. The van der Waals surface area contributed by atoms with Gasteiger partial charge in [0.2, 0.25) is 0 Å². The molecule has 3 aliphatic heterocycles. The number of rotatable bonds is 1. The van der Waals surface area contributed by atoms with Crippen LogP contribution in [0.5, 0.6) is 0 Å². The number of nitrogens with zero attached hydrogens (tertiary/aromatic N) is 1. The molecule has 0 unspecified atom stereocenters. The lowest BCUT2D eigenvalue weighted by Crippen LogP contribution is -2.54. The molecule has 0 saturated carbocycles. The molecule has 112 valence electrons. The van der Waals surface area contributed by atoms with Crippen LogP contribution in [0.25, 0.3) is 0 Å². The van der Waals surface area contributed by atoms with Crippen LogP contribution in [0.1, 0.15) is 18.4 Å². The Bertz CT molecular complexity index is 534. The van der Waals surface area contributed by atoms with Crippen LogP contribution in [0.3, 0.4) is 0 Å². The summed E-state index contributed by atoms with van der Waals surface area (Å²) in [4.78, 5) is 2.41. The SMILES string of the molecule is Cc1ccc(S(=O)(=O)O)cc1.N[C@H]1CN2CCC1CC2. The lowest BCUT2D eigenvalue weighted by Gasteiger charge is -2.43. The third-order valence-electron chi connectivity index (χ3n) is 4.03. The molecule has 0 radical (unpaired) electrons. The summed E-state index contributed by atoms with van der Waals surface area (Å²) in [6, 6.07) is 6.48. The average Bonchev–Trinajstić information content (AvgIpc) is 2.40. The fourth-order valence-electron chi connectivity index (χ4n) is 2.72. The Morgan fingerprint density at radius 1 is 1.20 bits per heavy atom. The van der Waals surface area contributed by atoms with E-state index >= 15 is 0 Å². The molecule has 3 saturated heterocycles. The molecule has 3 fully saturated rings. The highest BCUT2D eigenvalue weighted by Crippen LogP contribution is 2.25. The van der Waals surface area contributed by atoms with Crippen molar-refractivity contribution in [2.24, 2.45) is 11.7 Å². The van der Waals surface area contributed by atoms with Gasteiger partial charge < -0.3 is 10.6 Å². The van der Waals surface area contributed by atoms with Crippen LogP contribution in [-0.2, 0) is 10.1 Å². The van der Waals surface area contributed by atoms with Crippen LogP contribution >= 0.6 is 0 Å². The molecule has 2 bridgehead atoms. The van der Waals surface area contributed by atoms with Gasteiger partial charge >= 0.3 is 0 Å². The molecule has 6 heteroatoms.